The van der Waals surface area contributed by atoms with Crippen molar-refractivity contribution in [2.45, 2.75) is 49.8 Å². The van der Waals surface area contributed by atoms with E-state index < -0.39 is 5.60 Å². The Bertz CT molecular complexity index is 1100. The molecule has 8 heteroatoms. The lowest BCUT2D eigenvalue weighted by atomic mass is 9.77. The van der Waals surface area contributed by atoms with Crippen molar-refractivity contribution in [2.24, 2.45) is 7.05 Å². The van der Waals surface area contributed by atoms with Gasteiger partial charge in [0.05, 0.1) is 11.3 Å². The number of hydrogen-bond acceptors (Lipinski definition) is 6. The van der Waals surface area contributed by atoms with Gasteiger partial charge in [-0.25, -0.2) is 4.98 Å². The van der Waals surface area contributed by atoms with E-state index in [0.29, 0.717) is 18.7 Å². The predicted molar refractivity (Wildman–Crippen MR) is 118 cm³/mol. The van der Waals surface area contributed by atoms with Crippen LogP contribution in [0.5, 0.6) is 0 Å². The Balaban J connectivity index is 1.25. The molecular formula is C24H27N5O3. The maximum atomic E-state index is 13.1. The molecule has 5 rings (SSSR count). The Kier molecular flexibility index (Phi) is 5.22. The van der Waals surface area contributed by atoms with Gasteiger partial charge < -0.3 is 19.1 Å². The van der Waals surface area contributed by atoms with Gasteiger partial charge in [-0.15, -0.1) is 0 Å². The zero-order chi connectivity index (χ0) is 22.3. The first-order valence-corrected chi connectivity index (χ1v) is 11.2. The third kappa shape index (κ3) is 3.47. The second-order valence-electron chi connectivity index (χ2n) is 9.05. The summed E-state index contributed by atoms with van der Waals surface area (Å²) in [6.45, 7) is 1.33. The van der Waals surface area contributed by atoms with Crippen LogP contribution in [0.25, 0.3) is 0 Å². The van der Waals surface area contributed by atoms with E-state index >= 15 is 0 Å². The van der Waals surface area contributed by atoms with E-state index in [4.69, 9.17) is 10.00 Å². The molecule has 2 bridgehead atoms. The van der Waals surface area contributed by atoms with Crippen LogP contribution < -0.4 is 10.5 Å². The SMILES string of the molecule is Cn1c(C2(OCC(=O)N3CC4CC[C@@H](C3)N4c3ccc(C#N)cn3)CCC2)cccc1=O. The number of carbonyl (C=O) groups is 1. The molecular weight excluding hydrogens is 406 g/mol. The van der Waals surface area contributed by atoms with E-state index in [2.05, 4.69) is 16.0 Å². The van der Waals surface area contributed by atoms with Gasteiger partial charge in [0.25, 0.3) is 5.56 Å². The molecule has 4 heterocycles. The lowest BCUT2D eigenvalue weighted by Gasteiger charge is -2.44. The van der Waals surface area contributed by atoms with Crippen molar-refractivity contribution in [3.63, 3.8) is 0 Å². The molecule has 3 aliphatic rings. The molecule has 1 saturated carbocycles. The number of fused-ring (bicyclic) bond motifs is 2. The van der Waals surface area contributed by atoms with Crippen LogP contribution in [0.3, 0.4) is 0 Å². The minimum absolute atomic E-state index is 0.00143. The quantitative estimate of drug-likeness (QED) is 0.716. The van der Waals surface area contributed by atoms with Gasteiger partial charge in [-0.05, 0) is 50.3 Å². The molecule has 8 nitrogen and oxygen atoms in total. The van der Waals surface area contributed by atoms with E-state index in [1.165, 1.54) is 0 Å². The van der Waals surface area contributed by atoms with Gasteiger partial charge in [-0.1, -0.05) is 6.07 Å². The predicted octanol–water partition coefficient (Wildman–Crippen LogP) is 1.93. The molecule has 1 unspecified atom stereocenters. The molecule has 2 atom stereocenters. The van der Waals surface area contributed by atoms with Gasteiger partial charge in [-0.3, -0.25) is 9.59 Å². The van der Waals surface area contributed by atoms with Crippen LogP contribution in [0.15, 0.2) is 41.3 Å². The number of nitrogens with zero attached hydrogens (tertiary/aromatic N) is 5. The van der Waals surface area contributed by atoms with Crippen LogP contribution in [0.4, 0.5) is 5.82 Å². The molecule has 1 amide bonds. The Morgan fingerprint density at radius 2 is 1.97 bits per heavy atom. The Hall–Kier alpha value is -3.18. The minimum atomic E-state index is -0.544. The highest BCUT2D eigenvalue weighted by Crippen LogP contribution is 2.44. The molecule has 166 valence electrons. The van der Waals surface area contributed by atoms with E-state index in [1.807, 2.05) is 17.0 Å². The minimum Gasteiger partial charge on any atom is -0.359 e. The van der Waals surface area contributed by atoms with Crippen molar-refractivity contribution in [3.8, 4) is 6.07 Å². The maximum Gasteiger partial charge on any atom is 0.250 e. The molecule has 2 aliphatic heterocycles. The van der Waals surface area contributed by atoms with Crippen molar-refractivity contribution < 1.29 is 9.53 Å². The average molecular weight is 434 g/mol. The number of hydrogen-bond donors (Lipinski definition) is 0. The van der Waals surface area contributed by atoms with Crippen molar-refractivity contribution in [1.82, 2.24) is 14.5 Å². The van der Waals surface area contributed by atoms with E-state index in [-0.39, 0.29) is 30.2 Å². The summed E-state index contributed by atoms with van der Waals surface area (Å²) in [6, 6.07) is 11.5. The Labute approximate surface area is 187 Å². The first-order chi connectivity index (χ1) is 15.5. The first kappa shape index (κ1) is 20.7. The highest BCUT2D eigenvalue weighted by molar-refractivity contribution is 5.78. The van der Waals surface area contributed by atoms with Gasteiger partial charge in [0.15, 0.2) is 0 Å². The highest BCUT2D eigenvalue weighted by atomic mass is 16.5. The third-order valence-electron chi connectivity index (χ3n) is 7.26. The number of anilines is 1. The lowest BCUT2D eigenvalue weighted by molar-refractivity contribution is -0.155. The van der Waals surface area contributed by atoms with Crippen molar-refractivity contribution in [3.05, 3.63) is 58.1 Å². The molecule has 32 heavy (non-hydrogen) atoms. The molecule has 2 saturated heterocycles. The molecule has 2 aromatic rings. The second kappa shape index (κ2) is 8.06. The maximum absolute atomic E-state index is 13.1. The largest absolute Gasteiger partial charge is 0.359 e. The number of pyridine rings is 2. The smallest absolute Gasteiger partial charge is 0.250 e. The van der Waals surface area contributed by atoms with Crippen LogP contribution in [0.2, 0.25) is 0 Å². The van der Waals surface area contributed by atoms with E-state index in [9.17, 15) is 9.59 Å². The van der Waals surface area contributed by atoms with Crippen LogP contribution in [-0.2, 0) is 22.2 Å². The van der Waals surface area contributed by atoms with Crippen molar-refractivity contribution in [1.29, 1.82) is 5.26 Å². The van der Waals surface area contributed by atoms with Gasteiger partial charge in [0.1, 0.15) is 24.1 Å². The summed E-state index contributed by atoms with van der Waals surface area (Å²) in [5, 5.41) is 9.01. The molecule has 3 fully saturated rings. The monoisotopic (exact) mass is 433 g/mol. The number of amides is 1. The van der Waals surface area contributed by atoms with E-state index in [1.54, 1.807) is 36.0 Å². The van der Waals surface area contributed by atoms with Gasteiger partial charge in [-0.2, -0.15) is 5.26 Å². The number of carbonyl (C=O) groups excluding carboxylic acids is 1. The molecule has 0 N–H and O–H groups in total. The summed E-state index contributed by atoms with van der Waals surface area (Å²) in [6.07, 6.45) is 6.31. The van der Waals surface area contributed by atoms with Crippen LogP contribution in [0, 0.1) is 11.3 Å². The number of nitriles is 1. The van der Waals surface area contributed by atoms with Gasteiger partial charge in [0, 0.05) is 44.5 Å². The standard InChI is InChI=1S/C24H27N5O3/c1-27-20(4-2-5-22(27)30)24(10-3-11-24)32-16-23(31)28-14-18-7-8-19(15-28)29(18)21-9-6-17(12-25)13-26-21/h2,4-6,9,13,18-19H,3,7-8,10-11,14-16H2,1H3/t18-,19?/m0/s1. The number of aromatic nitrogens is 2. The molecule has 0 spiro atoms. The topological polar surface area (TPSA) is 91.5 Å². The zero-order valence-corrected chi connectivity index (χ0v) is 18.2. The average Bonchev–Trinajstić information content (AvgIpc) is 3.04. The summed E-state index contributed by atoms with van der Waals surface area (Å²) in [7, 11) is 1.76. The Morgan fingerprint density at radius 1 is 1.22 bits per heavy atom. The fraction of sp³-hybridized carbons (Fsp3) is 0.500. The summed E-state index contributed by atoms with van der Waals surface area (Å²) in [5.74, 6) is 0.875. The number of ether oxygens (including phenoxy) is 1. The van der Waals surface area contributed by atoms with Crippen molar-refractivity contribution >= 4 is 11.7 Å². The number of likely N-dealkylation sites (tertiary alicyclic amines) is 1. The summed E-state index contributed by atoms with van der Waals surface area (Å²) >= 11 is 0. The fourth-order valence-corrected chi connectivity index (χ4v) is 5.37. The summed E-state index contributed by atoms with van der Waals surface area (Å²) < 4.78 is 7.86. The molecule has 0 aromatic carbocycles. The molecule has 2 aromatic heterocycles. The first-order valence-electron chi connectivity index (χ1n) is 11.2. The number of rotatable bonds is 5. The zero-order valence-electron chi connectivity index (χ0n) is 18.2. The summed E-state index contributed by atoms with van der Waals surface area (Å²) in [5.41, 5.74) is 0.791. The van der Waals surface area contributed by atoms with Gasteiger partial charge >= 0.3 is 0 Å². The molecule has 1 aliphatic carbocycles. The Morgan fingerprint density at radius 3 is 2.56 bits per heavy atom. The number of piperazine rings is 1. The van der Waals surface area contributed by atoms with Crippen LogP contribution >= 0.6 is 0 Å². The van der Waals surface area contributed by atoms with Crippen LogP contribution in [-0.4, -0.2) is 52.1 Å². The second-order valence-corrected chi connectivity index (χ2v) is 9.05. The normalized spacial score (nSPS) is 23.5. The highest BCUT2D eigenvalue weighted by Gasteiger charge is 2.44. The van der Waals surface area contributed by atoms with Crippen molar-refractivity contribution in [2.75, 3.05) is 24.6 Å². The molecule has 0 radical (unpaired) electrons. The lowest BCUT2D eigenvalue weighted by Crippen LogP contribution is -2.56. The van der Waals surface area contributed by atoms with Gasteiger partial charge in [0.2, 0.25) is 5.91 Å². The summed E-state index contributed by atoms with van der Waals surface area (Å²) in [4.78, 5) is 33.8. The fourth-order valence-electron chi connectivity index (χ4n) is 5.37. The van der Waals surface area contributed by atoms with E-state index in [0.717, 1.165) is 43.6 Å². The van der Waals surface area contributed by atoms with Crippen LogP contribution in [0.1, 0.15) is 43.4 Å². The third-order valence-corrected chi connectivity index (χ3v) is 7.26.